The van der Waals surface area contributed by atoms with Gasteiger partial charge in [0.05, 0.1) is 5.57 Å². The molecule has 4 nitrogen and oxygen atoms in total. The van der Waals surface area contributed by atoms with E-state index in [1.807, 2.05) is 43.3 Å². The summed E-state index contributed by atoms with van der Waals surface area (Å²) < 4.78 is 5.68. The van der Waals surface area contributed by atoms with Crippen LogP contribution in [-0.4, -0.2) is 16.1 Å². The lowest BCUT2D eigenvalue weighted by Gasteiger charge is -2.06. The molecule has 4 atom stereocenters. The molecule has 1 heterocycles. The summed E-state index contributed by atoms with van der Waals surface area (Å²) in [6.45, 7) is 4.24. The fraction of sp³-hybridized carbons (Fsp3) is 0.273. The smallest absolute Gasteiger partial charge is 0.294 e. The van der Waals surface area contributed by atoms with Gasteiger partial charge in [-0.1, -0.05) is 49.0 Å². The van der Waals surface area contributed by atoms with Crippen molar-refractivity contribution in [2.24, 2.45) is 22.9 Å². The molecule has 0 spiro atoms. The fourth-order valence-corrected chi connectivity index (χ4v) is 5.40. The standard InChI is InChI=1S/C22H21N2O2S2/c1-14-5-3-4-6-17(14)20(12-23)21-9-10-22(27-21)24-26-28(13-25)16-7-8-18-15(2)19(18)11-16/h3-11,15,18-19,25H,13H2,1-2H3/q+1/b21-20-,24-22+. The molecule has 1 saturated carbocycles. The van der Waals surface area contributed by atoms with Gasteiger partial charge in [-0.15, -0.1) is 0 Å². The number of benzene rings is 1. The first-order chi connectivity index (χ1) is 13.6. The highest BCUT2D eigenvalue weighted by Gasteiger charge is 2.47. The maximum atomic E-state index is 9.74. The third-order valence-corrected chi connectivity index (χ3v) is 7.59. The zero-order valence-electron chi connectivity index (χ0n) is 15.7. The highest BCUT2D eigenvalue weighted by atomic mass is 32.2. The molecule has 0 amide bonds. The molecular formula is C22H21N2O2S2+. The van der Waals surface area contributed by atoms with Gasteiger partial charge in [-0.05, 0) is 65.3 Å². The molecule has 0 aromatic heterocycles. The minimum atomic E-state index is -0.772. The first kappa shape index (κ1) is 19.1. The van der Waals surface area contributed by atoms with Crippen molar-refractivity contribution in [3.63, 3.8) is 0 Å². The predicted octanol–water partition coefficient (Wildman–Crippen LogP) is 4.68. The number of nitrogens with zero attached hydrogens (tertiary/aromatic N) is 2. The quantitative estimate of drug-likeness (QED) is 0.436. The van der Waals surface area contributed by atoms with E-state index < -0.39 is 11.2 Å². The Bertz CT molecular complexity index is 984. The van der Waals surface area contributed by atoms with Gasteiger partial charge in [0, 0.05) is 4.91 Å². The van der Waals surface area contributed by atoms with Gasteiger partial charge in [0.25, 0.3) is 17.1 Å². The van der Waals surface area contributed by atoms with Crippen molar-refractivity contribution >= 4 is 33.6 Å². The van der Waals surface area contributed by atoms with Crippen LogP contribution in [0.15, 0.2) is 69.6 Å². The number of rotatable bonds is 5. The van der Waals surface area contributed by atoms with E-state index in [0.717, 1.165) is 20.9 Å². The number of aliphatic hydroxyl groups excluding tert-OH is 1. The zero-order chi connectivity index (χ0) is 19.7. The van der Waals surface area contributed by atoms with E-state index in [0.29, 0.717) is 28.4 Å². The molecule has 4 unspecified atom stereocenters. The average Bonchev–Trinajstić information content (AvgIpc) is 3.12. The van der Waals surface area contributed by atoms with Crippen LogP contribution < -0.4 is 0 Å². The van der Waals surface area contributed by atoms with E-state index in [-0.39, 0.29) is 5.94 Å². The van der Waals surface area contributed by atoms with Crippen molar-refractivity contribution in [1.29, 1.82) is 5.26 Å². The summed E-state index contributed by atoms with van der Waals surface area (Å²) >= 11 is 0.639. The van der Waals surface area contributed by atoms with Crippen molar-refractivity contribution in [2.75, 3.05) is 5.94 Å². The maximum absolute atomic E-state index is 9.74. The Kier molecular flexibility index (Phi) is 5.49. The van der Waals surface area contributed by atoms with E-state index in [1.54, 1.807) is 0 Å². The normalized spacial score (nSPS) is 29.1. The number of nitriles is 1. The second-order valence-electron chi connectivity index (χ2n) is 7.02. The minimum Gasteiger partial charge on any atom is -0.348 e. The second-order valence-corrected chi connectivity index (χ2v) is 9.65. The molecule has 0 radical (unpaired) electrons. The lowest BCUT2D eigenvalue weighted by atomic mass is 10.0. The van der Waals surface area contributed by atoms with Crippen molar-refractivity contribution in [2.45, 2.75) is 13.8 Å². The van der Waals surface area contributed by atoms with Crippen LogP contribution in [0.5, 0.6) is 0 Å². The Balaban J connectivity index is 1.48. The summed E-state index contributed by atoms with van der Waals surface area (Å²) in [7, 11) is 0. The molecule has 3 aliphatic rings. The molecule has 1 aliphatic heterocycles. The van der Waals surface area contributed by atoms with Crippen LogP contribution in [0.2, 0.25) is 0 Å². The Morgan fingerprint density at radius 1 is 1.29 bits per heavy atom. The number of aliphatic hydroxyl groups is 1. The lowest BCUT2D eigenvalue weighted by Crippen LogP contribution is -2.12. The van der Waals surface area contributed by atoms with Gasteiger partial charge >= 0.3 is 0 Å². The first-order valence-electron chi connectivity index (χ1n) is 9.16. The largest absolute Gasteiger partial charge is 0.348 e. The fourth-order valence-electron chi connectivity index (χ4n) is 3.53. The SMILES string of the molecule is Cc1ccccc1/C(C#N)=C1C=C/C(=N\O[S+](CO)C2=CC3C(C)C3C=C2)S/1. The highest BCUT2D eigenvalue weighted by molar-refractivity contribution is 8.18. The maximum Gasteiger partial charge on any atom is 0.294 e. The van der Waals surface area contributed by atoms with Gasteiger partial charge in [0.2, 0.25) is 4.91 Å². The Morgan fingerprint density at radius 3 is 2.82 bits per heavy atom. The van der Waals surface area contributed by atoms with Gasteiger partial charge in [-0.2, -0.15) is 9.55 Å². The van der Waals surface area contributed by atoms with Gasteiger partial charge in [0.1, 0.15) is 11.1 Å². The molecular weight excluding hydrogens is 388 g/mol. The molecule has 6 heteroatoms. The molecule has 0 saturated heterocycles. The molecule has 1 aromatic carbocycles. The van der Waals surface area contributed by atoms with Crippen LogP contribution in [-0.2, 0) is 15.5 Å². The first-order valence-corrected chi connectivity index (χ1v) is 11.3. The second kappa shape index (κ2) is 8.04. The van der Waals surface area contributed by atoms with Crippen LogP contribution in [0, 0.1) is 36.0 Å². The molecule has 28 heavy (non-hydrogen) atoms. The van der Waals surface area contributed by atoms with Gasteiger partial charge in [0.15, 0.2) is 0 Å². The van der Waals surface area contributed by atoms with Crippen LogP contribution in [0.1, 0.15) is 18.1 Å². The molecule has 0 bridgehead atoms. The number of thioether (sulfide) groups is 1. The molecule has 4 rings (SSSR count). The molecule has 2 aliphatic carbocycles. The van der Waals surface area contributed by atoms with Crippen LogP contribution in [0.25, 0.3) is 5.57 Å². The monoisotopic (exact) mass is 409 g/mol. The lowest BCUT2D eigenvalue weighted by molar-refractivity contribution is 0.333. The van der Waals surface area contributed by atoms with E-state index in [9.17, 15) is 10.4 Å². The summed E-state index contributed by atoms with van der Waals surface area (Å²) in [4.78, 5) is 1.87. The van der Waals surface area contributed by atoms with Crippen molar-refractivity contribution in [3.8, 4) is 6.07 Å². The van der Waals surface area contributed by atoms with Crippen LogP contribution in [0.4, 0.5) is 0 Å². The zero-order valence-corrected chi connectivity index (χ0v) is 17.3. The van der Waals surface area contributed by atoms with Crippen molar-refractivity contribution in [3.05, 3.63) is 75.6 Å². The number of oxime groups is 1. The van der Waals surface area contributed by atoms with Gasteiger partial charge in [-0.25, -0.2) is 0 Å². The predicted molar refractivity (Wildman–Crippen MR) is 117 cm³/mol. The van der Waals surface area contributed by atoms with Gasteiger partial charge in [-0.3, -0.25) is 0 Å². The highest BCUT2D eigenvalue weighted by Crippen LogP contribution is 2.51. The number of aryl methyl sites for hydroxylation is 1. The Labute approximate surface area is 172 Å². The Hall–Kier alpha value is -2.20. The minimum absolute atomic E-state index is 0.0948. The third kappa shape index (κ3) is 3.70. The molecule has 1 N–H and O–H groups in total. The van der Waals surface area contributed by atoms with E-state index in [4.69, 9.17) is 4.28 Å². The summed E-state index contributed by atoms with van der Waals surface area (Å²) in [5, 5.41) is 24.3. The summed E-state index contributed by atoms with van der Waals surface area (Å²) in [6, 6.07) is 10.2. The van der Waals surface area contributed by atoms with E-state index in [2.05, 4.69) is 36.4 Å². The average molecular weight is 410 g/mol. The van der Waals surface area contributed by atoms with Gasteiger partial charge < -0.3 is 5.11 Å². The van der Waals surface area contributed by atoms with Crippen LogP contribution >= 0.6 is 11.8 Å². The van der Waals surface area contributed by atoms with Crippen molar-refractivity contribution in [1.82, 2.24) is 0 Å². The number of allylic oxidation sites excluding steroid dienone is 5. The third-order valence-electron chi connectivity index (χ3n) is 5.32. The number of hydrogen-bond acceptors (Lipinski definition) is 5. The number of hydrogen-bond donors (Lipinski definition) is 1. The number of fused-ring (bicyclic) bond motifs is 1. The summed E-state index contributed by atoms with van der Waals surface area (Å²) in [6.07, 6.45) is 10.2. The van der Waals surface area contributed by atoms with Crippen molar-refractivity contribution < 1.29 is 9.39 Å². The summed E-state index contributed by atoms with van der Waals surface area (Å²) in [5.41, 5.74) is 2.63. The summed E-state index contributed by atoms with van der Waals surface area (Å²) in [5.74, 6) is 1.80. The Morgan fingerprint density at radius 2 is 2.11 bits per heavy atom. The van der Waals surface area contributed by atoms with E-state index in [1.165, 1.54) is 11.8 Å². The van der Waals surface area contributed by atoms with Crippen LogP contribution in [0.3, 0.4) is 0 Å². The molecule has 1 aromatic rings. The topological polar surface area (TPSA) is 65.6 Å². The molecule has 1 fully saturated rings. The molecule has 142 valence electrons. The van der Waals surface area contributed by atoms with E-state index >= 15 is 0 Å².